The van der Waals surface area contributed by atoms with Gasteiger partial charge >= 0.3 is 6.03 Å². The van der Waals surface area contributed by atoms with Crippen LogP contribution in [0.25, 0.3) is 22.0 Å². The van der Waals surface area contributed by atoms with Crippen LogP contribution < -0.4 is 5.32 Å². The normalized spacial score (nSPS) is 15.7. The van der Waals surface area contributed by atoms with Crippen LogP contribution in [0.15, 0.2) is 36.9 Å². The number of anilines is 1. The predicted molar refractivity (Wildman–Crippen MR) is 109 cm³/mol. The number of hydrogen-bond donors (Lipinski definition) is 1. The molecule has 0 saturated carbocycles. The fraction of sp³-hybridized carbons (Fsp3) is 0.400. The van der Waals surface area contributed by atoms with Crippen molar-refractivity contribution in [2.75, 3.05) is 32.5 Å². The lowest BCUT2D eigenvalue weighted by Gasteiger charge is -2.34. The lowest BCUT2D eigenvalue weighted by Crippen LogP contribution is -2.46. The Hall–Kier alpha value is -3.00. The van der Waals surface area contributed by atoms with Gasteiger partial charge in [-0.3, -0.25) is 15.0 Å². The first kappa shape index (κ1) is 18.4. The van der Waals surface area contributed by atoms with E-state index in [2.05, 4.69) is 32.3 Å². The van der Waals surface area contributed by atoms with Crippen LogP contribution in [-0.4, -0.2) is 68.8 Å². The number of likely N-dealkylation sites (tertiary alicyclic amines) is 1. The van der Waals surface area contributed by atoms with Crippen molar-refractivity contribution in [1.29, 1.82) is 0 Å². The van der Waals surface area contributed by atoms with Crippen molar-refractivity contribution in [3.63, 3.8) is 0 Å². The highest BCUT2D eigenvalue weighted by molar-refractivity contribution is 5.91. The maximum Gasteiger partial charge on any atom is 0.323 e. The monoisotopic (exact) mass is 379 g/mol. The molecule has 1 saturated heterocycles. The van der Waals surface area contributed by atoms with Crippen LogP contribution in [0.5, 0.6) is 0 Å². The van der Waals surface area contributed by atoms with E-state index in [1.807, 2.05) is 44.8 Å². The molecule has 0 spiro atoms. The van der Waals surface area contributed by atoms with Crippen molar-refractivity contribution < 1.29 is 4.79 Å². The van der Waals surface area contributed by atoms with E-state index in [0.717, 1.165) is 48.0 Å². The van der Waals surface area contributed by atoms with Crippen molar-refractivity contribution in [3.05, 3.63) is 36.9 Å². The van der Waals surface area contributed by atoms with Crippen molar-refractivity contribution in [2.45, 2.75) is 18.9 Å². The number of urea groups is 1. The molecule has 0 aliphatic carbocycles. The summed E-state index contributed by atoms with van der Waals surface area (Å²) in [5.41, 5.74) is 2.77. The molecule has 146 valence electrons. The quantitative estimate of drug-likeness (QED) is 0.757. The summed E-state index contributed by atoms with van der Waals surface area (Å²) in [4.78, 5) is 25.6. The summed E-state index contributed by atoms with van der Waals surface area (Å²) >= 11 is 0. The number of fused-ring (bicyclic) bond motifs is 1. The number of hydrogen-bond acceptors (Lipinski definition) is 5. The molecule has 1 aliphatic heterocycles. The molecule has 4 heterocycles. The molecule has 3 aromatic rings. The minimum Gasteiger partial charge on any atom is -0.324 e. The lowest BCUT2D eigenvalue weighted by molar-refractivity contribution is 0.156. The van der Waals surface area contributed by atoms with E-state index >= 15 is 0 Å². The Morgan fingerprint density at radius 2 is 1.89 bits per heavy atom. The summed E-state index contributed by atoms with van der Waals surface area (Å²) in [6, 6.07) is 4.04. The first-order valence-corrected chi connectivity index (χ1v) is 9.47. The summed E-state index contributed by atoms with van der Waals surface area (Å²) in [5.74, 6) is 0.530. The van der Waals surface area contributed by atoms with E-state index < -0.39 is 0 Å². The molecule has 0 atom stereocenters. The number of amides is 2. The Balaban J connectivity index is 1.51. The number of carbonyl (C=O) groups excluding carboxylic acids is 1. The summed E-state index contributed by atoms with van der Waals surface area (Å²) in [6.07, 6.45) is 9.24. The summed E-state index contributed by atoms with van der Waals surface area (Å²) in [7, 11) is 5.86. The number of nitrogens with one attached hydrogen (secondary N) is 1. The Bertz CT molecular complexity index is 991. The zero-order chi connectivity index (χ0) is 19.7. The van der Waals surface area contributed by atoms with Gasteiger partial charge in [-0.25, -0.2) is 9.78 Å². The third-order valence-electron chi connectivity index (χ3n) is 5.40. The minimum atomic E-state index is -0.127. The van der Waals surface area contributed by atoms with Gasteiger partial charge in [0.25, 0.3) is 0 Å². The van der Waals surface area contributed by atoms with E-state index in [4.69, 9.17) is 0 Å². The van der Waals surface area contributed by atoms with Crippen LogP contribution in [-0.2, 0) is 7.05 Å². The maximum atomic E-state index is 12.7. The largest absolute Gasteiger partial charge is 0.324 e. The number of rotatable bonds is 3. The fourth-order valence-corrected chi connectivity index (χ4v) is 3.57. The van der Waals surface area contributed by atoms with Crippen molar-refractivity contribution in [2.24, 2.45) is 7.05 Å². The van der Waals surface area contributed by atoms with Gasteiger partial charge in [-0.15, -0.1) is 0 Å². The van der Waals surface area contributed by atoms with E-state index in [1.165, 1.54) is 0 Å². The topological polar surface area (TPSA) is 79.2 Å². The van der Waals surface area contributed by atoms with E-state index in [-0.39, 0.29) is 12.1 Å². The molecule has 3 aromatic heterocycles. The zero-order valence-corrected chi connectivity index (χ0v) is 16.5. The average Bonchev–Trinajstić information content (AvgIpc) is 3.14. The molecule has 1 aliphatic rings. The zero-order valence-electron chi connectivity index (χ0n) is 16.5. The smallest absolute Gasteiger partial charge is 0.323 e. The number of pyridine rings is 2. The van der Waals surface area contributed by atoms with Gasteiger partial charge in [-0.1, -0.05) is 0 Å². The third-order valence-corrected chi connectivity index (χ3v) is 5.40. The molecular weight excluding hydrogens is 354 g/mol. The highest BCUT2D eigenvalue weighted by atomic mass is 16.2. The predicted octanol–water partition coefficient (Wildman–Crippen LogP) is 2.59. The Labute approximate surface area is 164 Å². The van der Waals surface area contributed by atoms with Crippen LogP contribution in [0.4, 0.5) is 10.6 Å². The molecule has 1 N–H and O–H groups in total. The van der Waals surface area contributed by atoms with Crippen LogP contribution in [0.2, 0.25) is 0 Å². The number of aryl methyl sites for hydroxylation is 1. The minimum absolute atomic E-state index is 0.127. The summed E-state index contributed by atoms with van der Waals surface area (Å²) < 4.78 is 1.76. The first-order chi connectivity index (χ1) is 13.5. The second-order valence-electron chi connectivity index (χ2n) is 7.46. The lowest BCUT2D eigenvalue weighted by atomic mass is 10.0. The average molecular weight is 379 g/mol. The molecule has 8 heteroatoms. The molecule has 2 amide bonds. The molecule has 0 unspecified atom stereocenters. The maximum absolute atomic E-state index is 12.7. The van der Waals surface area contributed by atoms with Crippen LogP contribution in [0, 0.1) is 0 Å². The highest BCUT2D eigenvalue weighted by Gasteiger charge is 2.24. The summed E-state index contributed by atoms with van der Waals surface area (Å²) in [6.45, 7) is 2.03. The second-order valence-corrected chi connectivity index (χ2v) is 7.46. The Morgan fingerprint density at radius 3 is 2.61 bits per heavy atom. The van der Waals surface area contributed by atoms with Crippen LogP contribution in [0.1, 0.15) is 12.8 Å². The Morgan fingerprint density at radius 1 is 1.11 bits per heavy atom. The van der Waals surface area contributed by atoms with Gasteiger partial charge in [0.1, 0.15) is 5.82 Å². The van der Waals surface area contributed by atoms with Crippen LogP contribution in [0.3, 0.4) is 0 Å². The van der Waals surface area contributed by atoms with E-state index in [0.29, 0.717) is 5.82 Å². The number of carbonyl (C=O) groups is 1. The van der Waals surface area contributed by atoms with Crippen LogP contribution >= 0.6 is 0 Å². The number of aromatic nitrogens is 4. The van der Waals surface area contributed by atoms with Gasteiger partial charge in [0.2, 0.25) is 0 Å². The highest BCUT2D eigenvalue weighted by Crippen LogP contribution is 2.23. The molecule has 28 heavy (non-hydrogen) atoms. The third kappa shape index (κ3) is 3.82. The van der Waals surface area contributed by atoms with E-state index in [9.17, 15) is 4.79 Å². The molecular formula is C20H25N7O. The molecule has 0 radical (unpaired) electrons. The SMILES string of the molecule is CN1CCC(N(C)C(=O)Nc2cc3cc(-c4cnn(C)c4)cnc3cn2)CC1. The standard InChI is InChI=1S/C20H25N7O/c1-25-6-4-17(5-7-25)27(3)20(28)24-19-9-14-8-15(10-21-18(14)12-22-19)16-11-23-26(2)13-16/h8-13,17H,4-7H2,1-3H3,(H,22,24,28). The molecule has 1 fully saturated rings. The molecule has 0 bridgehead atoms. The van der Waals surface area contributed by atoms with E-state index in [1.54, 1.807) is 15.8 Å². The van der Waals surface area contributed by atoms with Crippen molar-refractivity contribution >= 4 is 22.8 Å². The molecule has 0 aromatic carbocycles. The fourth-order valence-electron chi connectivity index (χ4n) is 3.57. The number of piperidine rings is 1. The van der Waals surface area contributed by atoms with Gasteiger partial charge < -0.3 is 9.80 Å². The molecule has 8 nitrogen and oxygen atoms in total. The molecule has 4 rings (SSSR count). The first-order valence-electron chi connectivity index (χ1n) is 9.47. The van der Waals surface area contributed by atoms with Crippen molar-refractivity contribution in [3.8, 4) is 11.1 Å². The van der Waals surface area contributed by atoms with Crippen molar-refractivity contribution in [1.82, 2.24) is 29.5 Å². The van der Waals surface area contributed by atoms with Gasteiger partial charge in [0, 0.05) is 49.0 Å². The van der Waals surface area contributed by atoms with Gasteiger partial charge in [-0.2, -0.15) is 5.10 Å². The van der Waals surface area contributed by atoms with Gasteiger partial charge in [0.05, 0.1) is 17.9 Å². The van der Waals surface area contributed by atoms with Gasteiger partial charge in [-0.05, 0) is 45.1 Å². The second kappa shape index (κ2) is 7.55. The van der Waals surface area contributed by atoms with Gasteiger partial charge in [0.15, 0.2) is 0 Å². The summed E-state index contributed by atoms with van der Waals surface area (Å²) in [5, 5.41) is 8.06. The number of nitrogens with zero attached hydrogens (tertiary/aromatic N) is 6. The Kier molecular flexibility index (Phi) is 4.95.